The summed E-state index contributed by atoms with van der Waals surface area (Å²) in [6.45, 7) is 2.31. The molecule has 1 heterocycles. The zero-order valence-electron chi connectivity index (χ0n) is 11.9. The third-order valence-electron chi connectivity index (χ3n) is 4.44. The molecular formula is C16H20ClN3. The minimum Gasteiger partial charge on any atom is -0.383 e. The van der Waals surface area contributed by atoms with E-state index in [1.54, 1.807) is 4.68 Å². The van der Waals surface area contributed by atoms with Gasteiger partial charge in [-0.2, -0.15) is 5.10 Å². The van der Waals surface area contributed by atoms with Crippen molar-refractivity contribution < 1.29 is 0 Å². The van der Waals surface area contributed by atoms with Crippen LogP contribution >= 0.6 is 11.6 Å². The molecule has 0 amide bonds. The van der Waals surface area contributed by atoms with Gasteiger partial charge in [-0.15, -0.1) is 0 Å². The van der Waals surface area contributed by atoms with Crippen LogP contribution in [-0.2, 0) is 7.05 Å². The van der Waals surface area contributed by atoms with Crippen LogP contribution in [0.5, 0.6) is 0 Å². The third kappa shape index (κ3) is 2.20. The number of nitrogens with zero attached hydrogens (tertiary/aromatic N) is 2. The number of anilines is 1. The van der Waals surface area contributed by atoms with Crippen LogP contribution in [0.25, 0.3) is 11.1 Å². The van der Waals surface area contributed by atoms with Crippen molar-refractivity contribution >= 4 is 17.4 Å². The second-order valence-corrected chi connectivity index (χ2v) is 6.23. The van der Waals surface area contributed by atoms with Crippen molar-refractivity contribution in [3.63, 3.8) is 0 Å². The number of hydrogen-bond acceptors (Lipinski definition) is 2. The van der Waals surface area contributed by atoms with E-state index in [0.717, 1.165) is 27.7 Å². The first-order chi connectivity index (χ1) is 9.58. The van der Waals surface area contributed by atoms with E-state index in [0.29, 0.717) is 11.8 Å². The number of aryl methyl sites for hydroxylation is 1. The monoisotopic (exact) mass is 289 g/mol. The van der Waals surface area contributed by atoms with Gasteiger partial charge in [0.1, 0.15) is 5.82 Å². The van der Waals surface area contributed by atoms with Crippen LogP contribution in [0.2, 0.25) is 5.02 Å². The van der Waals surface area contributed by atoms with E-state index in [1.807, 2.05) is 25.2 Å². The highest BCUT2D eigenvalue weighted by atomic mass is 35.5. The first kappa shape index (κ1) is 13.5. The van der Waals surface area contributed by atoms with E-state index in [-0.39, 0.29) is 0 Å². The lowest BCUT2D eigenvalue weighted by atomic mass is 9.90. The molecule has 4 heteroatoms. The molecule has 20 heavy (non-hydrogen) atoms. The molecule has 1 fully saturated rings. The molecule has 1 saturated carbocycles. The maximum atomic E-state index is 6.26. The maximum Gasteiger partial charge on any atom is 0.129 e. The average Bonchev–Trinajstić information content (AvgIpc) is 2.94. The Morgan fingerprint density at radius 3 is 2.80 bits per heavy atom. The molecule has 0 spiro atoms. The van der Waals surface area contributed by atoms with Gasteiger partial charge in [0.15, 0.2) is 0 Å². The predicted molar refractivity (Wildman–Crippen MR) is 83.8 cm³/mol. The van der Waals surface area contributed by atoms with Gasteiger partial charge in [0.05, 0.1) is 5.69 Å². The van der Waals surface area contributed by atoms with E-state index in [4.69, 9.17) is 22.4 Å². The van der Waals surface area contributed by atoms with Gasteiger partial charge < -0.3 is 5.73 Å². The molecule has 2 atom stereocenters. The molecule has 2 N–H and O–H groups in total. The van der Waals surface area contributed by atoms with Crippen molar-refractivity contribution in [1.82, 2.24) is 9.78 Å². The summed E-state index contributed by atoms with van der Waals surface area (Å²) in [7, 11) is 1.91. The topological polar surface area (TPSA) is 43.8 Å². The Morgan fingerprint density at radius 2 is 2.15 bits per heavy atom. The molecule has 1 aliphatic carbocycles. The quantitative estimate of drug-likeness (QED) is 0.899. The second kappa shape index (κ2) is 5.13. The summed E-state index contributed by atoms with van der Waals surface area (Å²) in [6.07, 6.45) is 3.75. The molecule has 3 rings (SSSR count). The minimum absolute atomic E-state index is 0.507. The van der Waals surface area contributed by atoms with E-state index < -0.39 is 0 Å². The average molecular weight is 290 g/mol. The molecule has 2 unspecified atom stereocenters. The summed E-state index contributed by atoms with van der Waals surface area (Å²) in [5.41, 5.74) is 9.52. The Kier molecular flexibility index (Phi) is 3.47. The van der Waals surface area contributed by atoms with Crippen molar-refractivity contribution in [2.45, 2.75) is 32.1 Å². The number of benzene rings is 1. The van der Waals surface area contributed by atoms with Crippen molar-refractivity contribution in [2.24, 2.45) is 13.0 Å². The first-order valence-corrected chi connectivity index (χ1v) is 7.54. The van der Waals surface area contributed by atoms with Crippen LogP contribution in [0.15, 0.2) is 24.3 Å². The molecule has 1 aromatic carbocycles. The highest BCUT2D eigenvalue weighted by Crippen LogP contribution is 2.44. The lowest BCUT2D eigenvalue weighted by molar-refractivity contribution is 0.516. The fourth-order valence-corrected chi connectivity index (χ4v) is 3.50. The molecular weight excluding hydrogens is 270 g/mol. The lowest BCUT2D eigenvalue weighted by Gasteiger charge is -2.15. The Hall–Kier alpha value is -1.48. The molecule has 1 aliphatic rings. The van der Waals surface area contributed by atoms with Crippen LogP contribution < -0.4 is 5.73 Å². The van der Waals surface area contributed by atoms with E-state index in [2.05, 4.69) is 13.0 Å². The Bertz CT molecular complexity index is 633. The molecule has 0 radical (unpaired) electrons. The number of rotatable bonds is 2. The maximum absolute atomic E-state index is 6.26. The molecule has 0 aliphatic heterocycles. The predicted octanol–water partition coefficient (Wildman–Crippen LogP) is 4.23. The van der Waals surface area contributed by atoms with Gasteiger partial charge in [0, 0.05) is 23.6 Å². The molecule has 0 bridgehead atoms. The fourth-order valence-electron chi connectivity index (χ4n) is 3.31. The van der Waals surface area contributed by atoms with Gasteiger partial charge in [-0.05, 0) is 30.0 Å². The van der Waals surface area contributed by atoms with Crippen LogP contribution in [0.4, 0.5) is 5.82 Å². The van der Waals surface area contributed by atoms with Gasteiger partial charge in [-0.25, -0.2) is 0 Å². The largest absolute Gasteiger partial charge is 0.383 e. The van der Waals surface area contributed by atoms with Crippen molar-refractivity contribution in [1.29, 1.82) is 0 Å². The van der Waals surface area contributed by atoms with Crippen LogP contribution in [0, 0.1) is 5.92 Å². The lowest BCUT2D eigenvalue weighted by Crippen LogP contribution is -2.05. The number of nitrogens with two attached hydrogens (primary N) is 1. The van der Waals surface area contributed by atoms with Crippen molar-refractivity contribution in [2.75, 3.05) is 5.73 Å². The number of hydrogen-bond donors (Lipinski definition) is 1. The van der Waals surface area contributed by atoms with Gasteiger partial charge >= 0.3 is 0 Å². The fraction of sp³-hybridized carbons (Fsp3) is 0.438. The molecule has 2 aromatic rings. The minimum atomic E-state index is 0.507. The summed E-state index contributed by atoms with van der Waals surface area (Å²) < 4.78 is 1.79. The summed E-state index contributed by atoms with van der Waals surface area (Å²) in [6, 6.07) is 7.88. The highest BCUT2D eigenvalue weighted by Gasteiger charge is 2.31. The van der Waals surface area contributed by atoms with Gasteiger partial charge in [-0.1, -0.05) is 43.5 Å². The normalized spacial score (nSPS) is 22.4. The number of nitrogen functional groups attached to an aromatic ring is 1. The summed E-state index contributed by atoms with van der Waals surface area (Å²) in [4.78, 5) is 0. The molecule has 106 valence electrons. The summed E-state index contributed by atoms with van der Waals surface area (Å²) in [5, 5.41) is 5.43. The Morgan fingerprint density at radius 1 is 1.35 bits per heavy atom. The number of aromatic nitrogens is 2. The van der Waals surface area contributed by atoms with Crippen molar-refractivity contribution in [3.05, 3.63) is 35.0 Å². The van der Waals surface area contributed by atoms with Crippen LogP contribution in [0.3, 0.4) is 0 Å². The highest BCUT2D eigenvalue weighted by molar-refractivity contribution is 6.30. The van der Waals surface area contributed by atoms with Gasteiger partial charge in [0.2, 0.25) is 0 Å². The Balaban J connectivity index is 2.14. The van der Waals surface area contributed by atoms with Gasteiger partial charge in [0.25, 0.3) is 0 Å². The Labute approximate surface area is 124 Å². The smallest absolute Gasteiger partial charge is 0.129 e. The van der Waals surface area contributed by atoms with Gasteiger partial charge in [-0.3, -0.25) is 4.68 Å². The van der Waals surface area contributed by atoms with E-state index in [9.17, 15) is 0 Å². The second-order valence-electron chi connectivity index (χ2n) is 5.79. The van der Waals surface area contributed by atoms with Crippen molar-refractivity contribution in [3.8, 4) is 11.1 Å². The first-order valence-electron chi connectivity index (χ1n) is 7.16. The summed E-state index contributed by atoms with van der Waals surface area (Å²) >= 11 is 6.13. The zero-order valence-corrected chi connectivity index (χ0v) is 12.7. The van der Waals surface area contributed by atoms with Crippen LogP contribution in [0.1, 0.15) is 37.8 Å². The van der Waals surface area contributed by atoms with E-state index in [1.165, 1.54) is 19.3 Å². The number of halogens is 1. The standard InChI is InChI=1S/C16H20ClN3/c1-10-5-3-8-13(10)15-14(16(18)20(2)19-15)11-6-4-7-12(17)9-11/h4,6-7,9-10,13H,3,5,8,18H2,1-2H3. The van der Waals surface area contributed by atoms with E-state index >= 15 is 0 Å². The SMILES string of the molecule is CC1CCCC1c1nn(C)c(N)c1-c1cccc(Cl)c1. The molecule has 1 aromatic heterocycles. The zero-order chi connectivity index (χ0) is 14.3. The summed E-state index contributed by atoms with van der Waals surface area (Å²) in [5.74, 6) is 1.90. The molecule has 0 saturated heterocycles. The molecule has 3 nitrogen and oxygen atoms in total. The van der Waals surface area contributed by atoms with Crippen LogP contribution in [-0.4, -0.2) is 9.78 Å². The third-order valence-corrected chi connectivity index (χ3v) is 4.68.